The zero-order chi connectivity index (χ0) is 12.0. The first kappa shape index (κ1) is 13.0. The van der Waals surface area contributed by atoms with Crippen molar-refractivity contribution in [3.05, 3.63) is 36.1 Å². The first-order valence-electron chi connectivity index (χ1n) is 6.18. The fourth-order valence-electron chi connectivity index (χ4n) is 1.97. The van der Waals surface area contributed by atoms with E-state index in [9.17, 15) is 0 Å². The molecule has 0 amide bonds. The molecule has 2 nitrogen and oxygen atoms in total. The summed E-state index contributed by atoms with van der Waals surface area (Å²) >= 11 is 0. The van der Waals surface area contributed by atoms with E-state index >= 15 is 0 Å². The van der Waals surface area contributed by atoms with Gasteiger partial charge in [-0.15, -0.1) is 0 Å². The molecule has 16 heavy (non-hydrogen) atoms. The van der Waals surface area contributed by atoms with Crippen LogP contribution in [0.4, 0.5) is 0 Å². The summed E-state index contributed by atoms with van der Waals surface area (Å²) in [5, 5.41) is 3.52. The van der Waals surface area contributed by atoms with Crippen molar-refractivity contribution < 1.29 is 0 Å². The molecule has 1 aliphatic heterocycles. The van der Waals surface area contributed by atoms with E-state index in [0.717, 1.165) is 25.9 Å². The molecule has 1 N–H and O–H groups in total. The lowest BCUT2D eigenvalue weighted by atomic mass is 10.00. The fourth-order valence-corrected chi connectivity index (χ4v) is 1.97. The Bertz CT molecular complexity index is 289. The molecule has 0 aromatic rings. The topological polar surface area (TPSA) is 15.3 Å². The molecule has 0 aromatic carbocycles. The van der Waals surface area contributed by atoms with E-state index < -0.39 is 0 Å². The second-order valence-corrected chi connectivity index (χ2v) is 4.22. The predicted molar refractivity (Wildman–Crippen MR) is 71.4 cm³/mol. The van der Waals surface area contributed by atoms with Gasteiger partial charge in [0.25, 0.3) is 0 Å². The average molecular weight is 220 g/mol. The summed E-state index contributed by atoms with van der Waals surface area (Å²) < 4.78 is 0. The minimum atomic E-state index is 0.479. The Morgan fingerprint density at radius 3 is 2.81 bits per heavy atom. The Kier molecular flexibility index (Phi) is 5.33. The summed E-state index contributed by atoms with van der Waals surface area (Å²) in [5.41, 5.74) is 2.77. The lowest BCUT2D eigenvalue weighted by Gasteiger charge is -2.31. The lowest BCUT2D eigenvalue weighted by molar-refractivity contribution is 0.388. The molecule has 90 valence electrons. The van der Waals surface area contributed by atoms with Crippen LogP contribution >= 0.6 is 0 Å². The molecule has 1 aliphatic rings. The average Bonchev–Trinajstić information content (AvgIpc) is 2.35. The van der Waals surface area contributed by atoms with Crippen molar-refractivity contribution in [3.8, 4) is 0 Å². The highest BCUT2D eigenvalue weighted by Crippen LogP contribution is 2.20. The van der Waals surface area contributed by atoms with Gasteiger partial charge >= 0.3 is 0 Å². The van der Waals surface area contributed by atoms with Gasteiger partial charge in [-0.25, -0.2) is 0 Å². The maximum atomic E-state index is 3.90. The first-order chi connectivity index (χ1) is 7.72. The van der Waals surface area contributed by atoms with Gasteiger partial charge < -0.3 is 10.2 Å². The Labute approximate surface area is 99.7 Å². The molecule has 1 rings (SSSR count). The number of nitrogens with one attached hydrogen (secondary N) is 1. The van der Waals surface area contributed by atoms with Crippen LogP contribution < -0.4 is 5.32 Å². The summed E-state index contributed by atoms with van der Waals surface area (Å²) in [7, 11) is 2.16. The summed E-state index contributed by atoms with van der Waals surface area (Å²) in [5.74, 6) is 0. The molecule has 0 fully saturated rings. The van der Waals surface area contributed by atoms with Crippen LogP contribution in [0.5, 0.6) is 0 Å². The Balaban J connectivity index is 2.77. The third-order valence-corrected chi connectivity index (χ3v) is 3.12. The molecular weight excluding hydrogens is 196 g/mol. The Morgan fingerprint density at radius 2 is 2.25 bits per heavy atom. The monoisotopic (exact) mass is 220 g/mol. The smallest absolute Gasteiger partial charge is 0.0307 e. The van der Waals surface area contributed by atoms with Gasteiger partial charge in [0.2, 0.25) is 0 Å². The van der Waals surface area contributed by atoms with E-state index in [1.807, 2.05) is 6.08 Å². The minimum Gasteiger partial charge on any atom is -0.378 e. The second kappa shape index (κ2) is 6.54. The highest BCUT2D eigenvalue weighted by molar-refractivity contribution is 5.29. The van der Waals surface area contributed by atoms with Gasteiger partial charge in [-0.2, -0.15) is 0 Å². The molecule has 2 heteroatoms. The number of rotatable bonds is 5. The number of allylic oxidation sites excluding steroid dienone is 1. The number of hydrogen-bond donors (Lipinski definition) is 1. The quantitative estimate of drug-likeness (QED) is 0.717. The third kappa shape index (κ3) is 3.24. The van der Waals surface area contributed by atoms with Crippen molar-refractivity contribution in [2.24, 2.45) is 0 Å². The van der Waals surface area contributed by atoms with Crippen LogP contribution in [0.2, 0.25) is 0 Å². The van der Waals surface area contributed by atoms with Gasteiger partial charge in [-0.05, 0) is 18.9 Å². The van der Waals surface area contributed by atoms with Crippen molar-refractivity contribution in [3.63, 3.8) is 0 Å². The van der Waals surface area contributed by atoms with Crippen molar-refractivity contribution in [2.45, 2.75) is 32.7 Å². The van der Waals surface area contributed by atoms with E-state index in [-0.39, 0.29) is 0 Å². The van der Waals surface area contributed by atoms with E-state index in [2.05, 4.69) is 49.8 Å². The summed E-state index contributed by atoms with van der Waals surface area (Å²) in [6.07, 6.45) is 8.68. The zero-order valence-corrected chi connectivity index (χ0v) is 10.8. The molecular formula is C14H24N2. The molecule has 0 unspecified atom stereocenters. The molecule has 0 saturated carbocycles. The predicted octanol–water partition coefficient (Wildman–Crippen LogP) is 2.71. The lowest BCUT2D eigenvalue weighted by Crippen LogP contribution is -2.37. The summed E-state index contributed by atoms with van der Waals surface area (Å²) in [4.78, 5) is 2.32. The maximum absolute atomic E-state index is 3.90. The van der Waals surface area contributed by atoms with Gasteiger partial charge in [-0.1, -0.05) is 31.7 Å². The highest BCUT2D eigenvalue weighted by atomic mass is 15.1. The summed E-state index contributed by atoms with van der Waals surface area (Å²) in [6.45, 7) is 10.2. The molecule has 0 spiro atoms. The van der Waals surface area contributed by atoms with Crippen molar-refractivity contribution in [2.75, 3.05) is 20.1 Å². The van der Waals surface area contributed by atoms with Gasteiger partial charge in [0.15, 0.2) is 0 Å². The van der Waals surface area contributed by atoms with E-state index in [1.54, 1.807) is 0 Å². The van der Waals surface area contributed by atoms with Crippen LogP contribution in [0.1, 0.15) is 26.7 Å². The van der Waals surface area contributed by atoms with Gasteiger partial charge in [0.05, 0.1) is 0 Å². The second-order valence-electron chi connectivity index (χ2n) is 4.22. The molecule has 0 radical (unpaired) electrons. The Morgan fingerprint density at radius 1 is 1.50 bits per heavy atom. The van der Waals surface area contributed by atoms with E-state index in [4.69, 9.17) is 0 Å². The van der Waals surface area contributed by atoms with Crippen LogP contribution in [-0.2, 0) is 0 Å². The molecule has 0 aromatic heterocycles. The van der Waals surface area contributed by atoms with E-state index in [1.165, 1.54) is 11.3 Å². The number of nitrogens with zero attached hydrogens (tertiary/aromatic N) is 1. The van der Waals surface area contributed by atoms with E-state index in [0.29, 0.717) is 6.04 Å². The highest BCUT2D eigenvalue weighted by Gasteiger charge is 2.18. The summed E-state index contributed by atoms with van der Waals surface area (Å²) in [6, 6.07) is 0.479. The van der Waals surface area contributed by atoms with Crippen molar-refractivity contribution in [1.82, 2.24) is 10.2 Å². The van der Waals surface area contributed by atoms with Crippen molar-refractivity contribution in [1.29, 1.82) is 0 Å². The normalized spacial score (nSPS) is 21.6. The molecule has 0 saturated heterocycles. The van der Waals surface area contributed by atoms with Crippen LogP contribution in [0.15, 0.2) is 36.1 Å². The minimum absolute atomic E-state index is 0.479. The van der Waals surface area contributed by atoms with Gasteiger partial charge in [0, 0.05) is 38.3 Å². The van der Waals surface area contributed by atoms with Gasteiger partial charge in [-0.3, -0.25) is 0 Å². The van der Waals surface area contributed by atoms with Crippen LogP contribution in [0, 0.1) is 0 Å². The first-order valence-corrected chi connectivity index (χ1v) is 6.18. The van der Waals surface area contributed by atoms with Gasteiger partial charge in [0.1, 0.15) is 0 Å². The molecule has 0 bridgehead atoms. The fraction of sp³-hybridized carbons (Fsp3) is 0.571. The maximum Gasteiger partial charge on any atom is 0.0307 e. The van der Waals surface area contributed by atoms with Crippen LogP contribution in [-0.4, -0.2) is 31.1 Å². The Hall–Kier alpha value is -1.02. The van der Waals surface area contributed by atoms with Crippen LogP contribution in [0.3, 0.4) is 0 Å². The largest absolute Gasteiger partial charge is 0.378 e. The van der Waals surface area contributed by atoms with Crippen LogP contribution in [0.25, 0.3) is 0 Å². The standard InChI is InChI=1S/C14H24N2/c1-5-8-9-13-10-14(16(4)7-3)12(6-2)11-15-13/h6,8-9,13,15H,2,5,7,10-11H2,1,3-4H3/b9-8-/t13-/m0/s1. The molecule has 1 heterocycles. The SMILES string of the molecule is C=CC1=C(N(C)CC)C[C@H](/C=C\CC)NC1. The molecule has 0 aliphatic carbocycles. The number of hydrogen-bond acceptors (Lipinski definition) is 2. The van der Waals surface area contributed by atoms with Crippen molar-refractivity contribution >= 4 is 0 Å². The molecule has 1 atom stereocenters. The zero-order valence-electron chi connectivity index (χ0n) is 10.8. The third-order valence-electron chi connectivity index (χ3n) is 3.12.